The van der Waals surface area contributed by atoms with Crippen molar-refractivity contribution in [2.45, 2.75) is 19.5 Å². The van der Waals surface area contributed by atoms with Crippen LogP contribution in [-0.4, -0.2) is 43.2 Å². The summed E-state index contributed by atoms with van der Waals surface area (Å²) in [6, 6.07) is 7.45. The maximum absolute atomic E-state index is 12.2. The van der Waals surface area contributed by atoms with Crippen molar-refractivity contribution < 1.29 is 9.53 Å². The summed E-state index contributed by atoms with van der Waals surface area (Å²) in [5.41, 5.74) is 1.08. The molecule has 19 heavy (non-hydrogen) atoms. The third-order valence-corrected chi connectivity index (χ3v) is 3.43. The van der Waals surface area contributed by atoms with E-state index >= 15 is 0 Å². The van der Waals surface area contributed by atoms with E-state index in [9.17, 15) is 4.79 Å². The van der Waals surface area contributed by atoms with Gasteiger partial charge in [-0.25, -0.2) is 0 Å². The summed E-state index contributed by atoms with van der Waals surface area (Å²) in [7, 11) is 0. The SMILES string of the molecule is CC(NCc1cccc(Cl)c1)C(=O)N1CCOCC1. The van der Waals surface area contributed by atoms with E-state index in [1.807, 2.05) is 36.1 Å². The van der Waals surface area contributed by atoms with Crippen LogP contribution >= 0.6 is 11.6 Å². The smallest absolute Gasteiger partial charge is 0.239 e. The Morgan fingerprint density at radius 1 is 1.47 bits per heavy atom. The first-order chi connectivity index (χ1) is 9.16. The zero-order chi connectivity index (χ0) is 13.7. The molecular weight excluding hydrogens is 264 g/mol. The van der Waals surface area contributed by atoms with Crippen LogP contribution in [-0.2, 0) is 16.1 Å². The van der Waals surface area contributed by atoms with Crippen molar-refractivity contribution in [3.05, 3.63) is 34.9 Å². The maximum atomic E-state index is 12.2. The van der Waals surface area contributed by atoms with Crippen LogP contribution < -0.4 is 5.32 Å². The minimum Gasteiger partial charge on any atom is -0.378 e. The Kier molecular flexibility index (Phi) is 5.19. The fourth-order valence-corrected chi connectivity index (χ4v) is 2.28. The van der Waals surface area contributed by atoms with Crippen molar-refractivity contribution in [3.63, 3.8) is 0 Å². The molecule has 1 aromatic carbocycles. The van der Waals surface area contributed by atoms with Crippen LogP contribution in [0.1, 0.15) is 12.5 Å². The summed E-state index contributed by atoms with van der Waals surface area (Å²) < 4.78 is 5.24. The lowest BCUT2D eigenvalue weighted by molar-refractivity contribution is -0.137. The van der Waals surface area contributed by atoms with Crippen molar-refractivity contribution in [3.8, 4) is 0 Å². The third-order valence-electron chi connectivity index (χ3n) is 3.19. The van der Waals surface area contributed by atoms with E-state index < -0.39 is 0 Å². The molecule has 0 aromatic heterocycles. The molecular formula is C14H19ClN2O2. The number of rotatable bonds is 4. The Balaban J connectivity index is 1.83. The van der Waals surface area contributed by atoms with Crippen molar-refractivity contribution in [1.82, 2.24) is 10.2 Å². The average molecular weight is 283 g/mol. The first-order valence-corrected chi connectivity index (χ1v) is 6.89. The summed E-state index contributed by atoms with van der Waals surface area (Å²) in [6.07, 6.45) is 0. The van der Waals surface area contributed by atoms with Crippen molar-refractivity contribution in [1.29, 1.82) is 0 Å². The number of amides is 1. The summed E-state index contributed by atoms with van der Waals surface area (Å²) in [4.78, 5) is 14.0. The Labute approximate surface area is 118 Å². The number of morpholine rings is 1. The summed E-state index contributed by atoms with van der Waals surface area (Å²) in [5, 5.41) is 3.95. The first-order valence-electron chi connectivity index (χ1n) is 6.51. The van der Waals surface area contributed by atoms with Gasteiger partial charge < -0.3 is 15.0 Å². The van der Waals surface area contributed by atoms with E-state index in [0.717, 1.165) is 5.56 Å². The lowest BCUT2D eigenvalue weighted by atomic mass is 10.2. The molecule has 1 heterocycles. The van der Waals surface area contributed by atoms with Crippen molar-refractivity contribution in [2.24, 2.45) is 0 Å². The second-order valence-corrected chi connectivity index (χ2v) is 5.11. The number of nitrogens with one attached hydrogen (secondary N) is 1. The molecule has 2 rings (SSSR count). The topological polar surface area (TPSA) is 41.6 Å². The van der Waals surface area contributed by atoms with Crippen molar-refractivity contribution >= 4 is 17.5 Å². The molecule has 5 heteroatoms. The van der Waals surface area contributed by atoms with Crippen LogP contribution in [0.25, 0.3) is 0 Å². The normalized spacial score (nSPS) is 17.3. The second kappa shape index (κ2) is 6.89. The van der Waals surface area contributed by atoms with Gasteiger partial charge in [0.1, 0.15) is 0 Å². The first kappa shape index (κ1) is 14.3. The lowest BCUT2D eigenvalue weighted by Gasteiger charge is -2.29. The highest BCUT2D eigenvalue weighted by Crippen LogP contribution is 2.10. The summed E-state index contributed by atoms with van der Waals surface area (Å²) >= 11 is 5.93. The van der Waals surface area contributed by atoms with E-state index in [2.05, 4.69) is 5.32 Å². The van der Waals surface area contributed by atoms with Gasteiger partial charge >= 0.3 is 0 Å². The molecule has 1 saturated heterocycles. The van der Waals surface area contributed by atoms with Crippen LogP contribution in [0.3, 0.4) is 0 Å². The Morgan fingerprint density at radius 3 is 2.89 bits per heavy atom. The van der Waals surface area contributed by atoms with Gasteiger partial charge in [-0.3, -0.25) is 4.79 Å². The number of hydrogen-bond acceptors (Lipinski definition) is 3. The number of halogens is 1. The highest BCUT2D eigenvalue weighted by atomic mass is 35.5. The molecule has 1 amide bonds. The molecule has 0 bridgehead atoms. The van der Waals surface area contributed by atoms with Crippen LogP contribution in [0.5, 0.6) is 0 Å². The van der Waals surface area contributed by atoms with Gasteiger partial charge in [-0.1, -0.05) is 23.7 Å². The molecule has 1 aliphatic heterocycles. The van der Waals surface area contributed by atoms with Crippen LogP contribution in [0, 0.1) is 0 Å². The molecule has 4 nitrogen and oxygen atoms in total. The Bertz CT molecular complexity index is 433. The van der Waals surface area contributed by atoms with E-state index in [4.69, 9.17) is 16.3 Å². The number of carbonyl (C=O) groups is 1. The van der Waals surface area contributed by atoms with Crippen LogP contribution in [0.2, 0.25) is 5.02 Å². The molecule has 104 valence electrons. The monoisotopic (exact) mass is 282 g/mol. The number of benzene rings is 1. The Morgan fingerprint density at radius 2 is 2.21 bits per heavy atom. The van der Waals surface area contributed by atoms with Gasteiger partial charge in [-0.05, 0) is 24.6 Å². The fraction of sp³-hybridized carbons (Fsp3) is 0.500. The van der Waals surface area contributed by atoms with Gasteiger partial charge in [0, 0.05) is 24.7 Å². The molecule has 0 saturated carbocycles. The van der Waals surface area contributed by atoms with E-state index in [1.165, 1.54) is 0 Å². The van der Waals surface area contributed by atoms with Gasteiger partial charge in [0.05, 0.1) is 19.3 Å². The fourth-order valence-electron chi connectivity index (χ4n) is 2.06. The molecule has 0 radical (unpaired) electrons. The van der Waals surface area contributed by atoms with Gasteiger partial charge in [-0.15, -0.1) is 0 Å². The molecule has 1 atom stereocenters. The van der Waals surface area contributed by atoms with E-state index in [0.29, 0.717) is 37.9 Å². The summed E-state index contributed by atoms with van der Waals surface area (Å²) in [5.74, 6) is 0.130. The zero-order valence-corrected chi connectivity index (χ0v) is 11.8. The zero-order valence-electron chi connectivity index (χ0n) is 11.1. The minimum absolute atomic E-state index is 0.130. The highest BCUT2D eigenvalue weighted by molar-refractivity contribution is 6.30. The highest BCUT2D eigenvalue weighted by Gasteiger charge is 2.21. The molecule has 1 fully saturated rings. The van der Waals surface area contributed by atoms with Gasteiger partial charge in [0.15, 0.2) is 0 Å². The van der Waals surface area contributed by atoms with Crippen molar-refractivity contribution in [2.75, 3.05) is 26.3 Å². The third kappa shape index (κ3) is 4.20. The molecule has 1 aliphatic rings. The largest absolute Gasteiger partial charge is 0.378 e. The second-order valence-electron chi connectivity index (χ2n) is 4.67. The summed E-state index contributed by atoms with van der Waals surface area (Å²) in [6.45, 7) is 5.16. The van der Waals surface area contributed by atoms with Crippen LogP contribution in [0.15, 0.2) is 24.3 Å². The Hall–Kier alpha value is -1.10. The number of hydrogen-bond donors (Lipinski definition) is 1. The lowest BCUT2D eigenvalue weighted by Crippen LogP contribution is -2.49. The molecule has 0 aliphatic carbocycles. The van der Waals surface area contributed by atoms with Crippen LogP contribution in [0.4, 0.5) is 0 Å². The van der Waals surface area contributed by atoms with Gasteiger partial charge in [-0.2, -0.15) is 0 Å². The number of ether oxygens (including phenoxy) is 1. The van der Waals surface area contributed by atoms with Gasteiger partial charge in [0.2, 0.25) is 5.91 Å². The minimum atomic E-state index is -0.197. The molecule has 1 N–H and O–H groups in total. The number of carbonyl (C=O) groups excluding carboxylic acids is 1. The molecule has 1 aromatic rings. The van der Waals surface area contributed by atoms with Gasteiger partial charge in [0.25, 0.3) is 0 Å². The predicted octanol–water partition coefficient (Wildman–Crippen LogP) is 1.68. The standard InChI is InChI=1S/C14H19ClN2O2/c1-11(14(18)17-5-7-19-8-6-17)16-10-12-3-2-4-13(15)9-12/h2-4,9,11,16H,5-8,10H2,1H3. The molecule has 0 spiro atoms. The van der Waals surface area contributed by atoms with E-state index in [-0.39, 0.29) is 11.9 Å². The maximum Gasteiger partial charge on any atom is 0.239 e. The number of nitrogens with zero attached hydrogens (tertiary/aromatic N) is 1. The predicted molar refractivity (Wildman–Crippen MR) is 75.2 cm³/mol. The average Bonchev–Trinajstić information content (AvgIpc) is 2.45. The van der Waals surface area contributed by atoms with E-state index in [1.54, 1.807) is 0 Å². The molecule has 1 unspecified atom stereocenters. The quantitative estimate of drug-likeness (QED) is 0.914.